The van der Waals surface area contributed by atoms with Gasteiger partial charge in [-0.2, -0.15) is 0 Å². The second-order valence-electron chi connectivity index (χ2n) is 9.66. The zero-order valence-corrected chi connectivity index (χ0v) is 27.8. The van der Waals surface area contributed by atoms with Gasteiger partial charge in [0, 0.05) is 33.1 Å². The lowest BCUT2D eigenvalue weighted by molar-refractivity contribution is -0.140. The summed E-state index contributed by atoms with van der Waals surface area (Å²) in [5.74, 6) is -0.937. The molecule has 43 heavy (non-hydrogen) atoms. The van der Waals surface area contributed by atoms with E-state index in [1.807, 2.05) is 30.3 Å². The van der Waals surface area contributed by atoms with E-state index in [1.165, 1.54) is 17.0 Å². The Kier molecular flexibility index (Phi) is 11.5. The van der Waals surface area contributed by atoms with Gasteiger partial charge in [0.1, 0.15) is 12.6 Å². The Hall–Kier alpha value is -3.12. The number of nitrogens with zero attached hydrogens (tertiary/aromatic N) is 2. The predicted octanol–water partition coefficient (Wildman–Crippen LogP) is 6.57. The fourth-order valence-corrected chi connectivity index (χ4v) is 6.80. The van der Waals surface area contributed by atoms with Gasteiger partial charge in [-0.3, -0.25) is 13.9 Å². The van der Waals surface area contributed by atoms with Crippen molar-refractivity contribution in [2.45, 2.75) is 30.8 Å². The van der Waals surface area contributed by atoms with Crippen molar-refractivity contribution in [1.29, 1.82) is 0 Å². The van der Waals surface area contributed by atoms with Crippen LogP contribution in [0.5, 0.6) is 0 Å². The van der Waals surface area contributed by atoms with E-state index >= 15 is 0 Å². The molecule has 0 spiro atoms. The summed E-state index contributed by atoms with van der Waals surface area (Å²) in [4.78, 5) is 29.3. The lowest BCUT2D eigenvalue weighted by atomic mass is 10.0. The summed E-state index contributed by atoms with van der Waals surface area (Å²) in [5.41, 5.74) is 1.72. The Bertz CT molecular complexity index is 1660. The van der Waals surface area contributed by atoms with Crippen LogP contribution in [0.3, 0.4) is 0 Å². The molecule has 0 radical (unpaired) electrons. The van der Waals surface area contributed by atoms with Gasteiger partial charge in [-0.05, 0) is 89.2 Å². The van der Waals surface area contributed by atoms with E-state index in [9.17, 15) is 18.0 Å². The Morgan fingerprint density at radius 2 is 1.51 bits per heavy atom. The fourth-order valence-electron chi connectivity index (χ4n) is 4.54. The molecule has 0 aromatic heterocycles. The van der Waals surface area contributed by atoms with E-state index in [0.717, 1.165) is 13.4 Å². The van der Waals surface area contributed by atoms with E-state index in [1.54, 1.807) is 67.6 Å². The number of nitrogens with one attached hydrogen (secondary N) is 1. The van der Waals surface area contributed by atoms with E-state index in [4.69, 9.17) is 23.2 Å². The predicted molar refractivity (Wildman–Crippen MR) is 180 cm³/mol. The third kappa shape index (κ3) is 8.50. The van der Waals surface area contributed by atoms with Gasteiger partial charge < -0.3 is 10.2 Å². The van der Waals surface area contributed by atoms with Crippen molar-refractivity contribution in [3.05, 3.63) is 128 Å². The molecule has 0 heterocycles. The van der Waals surface area contributed by atoms with Gasteiger partial charge in [-0.15, -0.1) is 0 Å². The van der Waals surface area contributed by atoms with Gasteiger partial charge in [0.2, 0.25) is 11.8 Å². The third-order valence-corrected chi connectivity index (χ3v) is 9.80. The Morgan fingerprint density at radius 3 is 2.12 bits per heavy atom. The van der Waals surface area contributed by atoms with Crippen molar-refractivity contribution in [3.63, 3.8) is 0 Å². The number of anilines is 1. The van der Waals surface area contributed by atoms with E-state index < -0.39 is 28.5 Å². The molecule has 7 nitrogen and oxygen atoms in total. The quantitative estimate of drug-likeness (QED) is 0.166. The first kappa shape index (κ1) is 32.8. The highest BCUT2D eigenvalue weighted by Crippen LogP contribution is 2.27. The van der Waals surface area contributed by atoms with Crippen molar-refractivity contribution >= 4 is 73.3 Å². The first-order valence-electron chi connectivity index (χ1n) is 13.5. The first-order valence-corrected chi connectivity index (χ1v) is 16.8. The van der Waals surface area contributed by atoms with Gasteiger partial charge >= 0.3 is 0 Å². The van der Waals surface area contributed by atoms with Gasteiger partial charge in [0.05, 0.1) is 10.6 Å². The van der Waals surface area contributed by atoms with E-state index in [0.29, 0.717) is 27.8 Å². The van der Waals surface area contributed by atoms with Crippen LogP contribution in [0.25, 0.3) is 0 Å². The highest BCUT2D eigenvalue weighted by molar-refractivity contribution is 14.1. The zero-order chi connectivity index (χ0) is 31.0. The number of rotatable bonds is 12. The van der Waals surface area contributed by atoms with Crippen molar-refractivity contribution in [3.8, 4) is 0 Å². The van der Waals surface area contributed by atoms with Gasteiger partial charge in [0.25, 0.3) is 10.0 Å². The fraction of sp³-hybridized carbons (Fsp3) is 0.188. The van der Waals surface area contributed by atoms with Gasteiger partial charge in [-0.1, -0.05) is 77.8 Å². The highest BCUT2D eigenvalue weighted by atomic mass is 127. The number of benzene rings is 4. The molecule has 0 unspecified atom stereocenters. The van der Waals surface area contributed by atoms with Gasteiger partial charge in [-0.25, -0.2) is 8.42 Å². The van der Waals surface area contributed by atoms with Crippen molar-refractivity contribution in [1.82, 2.24) is 10.2 Å². The molecule has 0 aliphatic carbocycles. The van der Waals surface area contributed by atoms with Crippen LogP contribution in [0.1, 0.15) is 18.1 Å². The molecule has 0 saturated heterocycles. The number of sulfonamides is 1. The molecular formula is C32H30Cl2IN3O4S. The Morgan fingerprint density at radius 1 is 0.884 bits per heavy atom. The molecule has 224 valence electrons. The molecule has 11 heteroatoms. The molecule has 0 bridgehead atoms. The summed E-state index contributed by atoms with van der Waals surface area (Å²) in [7, 11) is -4.16. The van der Waals surface area contributed by atoms with Crippen LogP contribution >= 0.6 is 45.8 Å². The maximum absolute atomic E-state index is 14.4. The SMILES string of the molecule is CCNC(=O)[C@H](Cc1ccccc1)N(Cc1ccc(Cl)cc1Cl)C(=O)CN(c1ccc(I)cc1)S(=O)(=O)c1ccccc1. The zero-order valence-electron chi connectivity index (χ0n) is 23.3. The summed E-state index contributed by atoms with van der Waals surface area (Å²) < 4.78 is 29.9. The van der Waals surface area contributed by atoms with Gasteiger partial charge in [0.15, 0.2) is 0 Å². The second-order valence-corrected chi connectivity index (χ2v) is 13.6. The maximum atomic E-state index is 14.4. The van der Waals surface area contributed by atoms with Crippen LogP contribution in [-0.4, -0.2) is 44.3 Å². The molecule has 4 rings (SSSR count). The Balaban J connectivity index is 1.80. The standard InChI is InChI=1S/C32H30Cl2IN3O4S/c1-2-36-32(40)30(19-23-9-5-3-6-10-23)37(21-24-13-14-25(33)20-29(24)34)31(39)22-38(27-17-15-26(35)16-18-27)43(41,42)28-11-7-4-8-12-28/h3-18,20,30H,2,19,21-22H2,1H3,(H,36,40)/t30-/m0/s1. The molecule has 0 aliphatic heterocycles. The third-order valence-electron chi connectivity index (χ3n) is 6.70. The van der Waals surface area contributed by atoms with Crippen LogP contribution in [-0.2, 0) is 32.6 Å². The van der Waals surface area contributed by atoms with Crippen LogP contribution < -0.4 is 9.62 Å². The number of carbonyl (C=O) groups excluding carboxylic acids is 2. The normalized spacial score (nSPS) is 11.9. The molecular weight excluding hydrogens is 720 g/mol. The van der Waals surface area contributed by atoms with Crippen LogP contribution in [0.4, 0.5) is 5.69 Å². The van der Waals surface area contributed by atoms with Crippen molar-refractivity contribution in [2.75, 3.05) is 17.4 Å². The van der Waals surface area contributed by atoms with Crippen LogP contribution in [0, 0.1) is 3.57 Å². The summed E-state index contributed by atoms with van der Waals surface area (Å²) in [6.07, 6.45) is 0.207. The monoisotopic (exact) mass is 749 g/mol. The minimum Gasteiger partial charge on any atom is -0.355 e. The van der Waals surface area contributed by atoms with E-state index in [-0.39, 0.29) is 23.8 Å². The molecule has 1 atom stereocenters. The number of amides is 2. The number of halogens is 3. The number of carbonyl (C=O) groups is 2. The molecule has 1 N–H and O–H groups in total. The second kappa shape index (κ2) is 15.1. The summed E-state index contributed by atoms with van der Waals surface area (Å²) in [6, 6.07) is 28.1. The average molecular weight is 750 g/mol. The Labute approximate surface area is 276 Å². The average Bonchev–Trinajstić information content (AvgIpc) is 3.00. The van der Waals surface area contributed by atoms with Crippen molar-refractivity contribution in [2.24, 2.45) is 0 Å². The molecule has 0 aliphatic rings. The molecule has 4 aromatic carbocycles. The maximum Gasteiger partial charge on any atom is 0.264 e. The van der Waals surface area contributed by atoms with Crippen LogP contribution in [0.2, 0.25) is 10.0 Å². The molecule has 0 fully saturated rings. The lowest BCUT2D eigenvalue weighted by Gasteiger charge is -2.34. The first-order chi connectivity index (χ1) is 20.6. The largest absolute Gasteiger partial charge is 0.355 e. The summed E-state index contributed by atoms with van der Waals surface area (Å²) in [6.45, 7) is 1.55. The number of hydrogen-bond donors (Lipinski definition) is 1. The number of hydrogen-bond acceptors (Lipinski definition) is 4. The highest BCUT2D eigenvalue weighted by Gasteiger charge is 2.34. The topological polar surface area (TPSA) is 86.8 Å². The summed E-state index contributed by atoms with van der Waals surface area (Å²) >= 11 is 14.8. The van der Waals surface area contributed by atoms with E-state index in [2.05, 4.69) is 27.9 Å². The summed E-state index contributed by atoms with van der Waals surface area (Å²) in [5, 5.41) is 3.59. The minimum absolute atomic E-state index is 0.0400. The smallest absolute Gasteiger partial charge is 0.264 e. The number of likely N-dealkylation sites (N-methyl/N-ethyl adjacent to an activating group) is 1. The molecule has 4 aromatic rings. The minimum atomic E-state index is -4.16. The van der Waals surface area contributed by atoms with Crippen LogP contribution in [0.15, 0.2) is 108 Å². The molecule has 0 saturated carbocycles. The molecule has 2 amide bonds. The van der Waals surface area contributed by atoms with Crippen molar-refractivity contribution < 1.29 is 18.0 Å². The lowest BCUT2D eigenvalue weighted by Crippen LogP contribution is -2.53.